The standard InChI is InChI=1S/C19H22N4O4S/c1-11-12(2)28-19-16(11)17(25)22-14(23-19)6-7-15(24)21-13-5-4-8-20-18(13)27-10-9-26-3/h4-5,8H,6-7,9-10H2,1-3H3,(H,21,24)(H,22,23,25). The molecule has 0 unspecified atom stereocenters. The smallest absolute Gasteiger partial charge is 0.259 e. The van der Waals surface area contributed by atoms with E-state index in [2.05, 4.69) is 20.3 Å². The fourth-order valence-electron chi connectivity index (χ4n) is 2.68. The topological polar surface area (TPSA) is 106 Å². The molecule has 3 aromatic heterocycles. The summed E-state index contributed by atoms with van der Waals surface area (Å²) in [6.07, 6.45) is 2.09. The summed E-state index contributed by atoms with van der Waals surface area (Å²) in [6, 6.07) is 3.43. The summed E-state index contributed by atoms with van der Waals surface area (Å²) in [5, 5.41) is 3.42. The fraction of sp³-hybridized carbons (Fsp3) is 0.368. The lowest BCUT2D eigenvalue weighted by Crippen LogP contribution is -2.17. The van der Waals surface area contributed by atoms with E-state index in [1.54, 1.807) is 25.4 Å². The Hall–Kier alpha value is -2.78. The van der Waals surface area contributed by atoms with Gasteiger partial charge < -0.3 is 19.8 Å². The SMILES string of the molecule is COCCOc1ncccc1NC(=O)CCc1nc2sc(C)c(C)c2c(=O)[nH]1. The highest BCUT2D eigenvalue weighted by Gasteiger charge is 2.13. The van der Waals surface area contributed by atoms with Crippen molar-refractivity contribution < 1.29 is 14.3 Å². The van der Waals surface area contributed by atoms with E-state index in [-0.39, 0.29) is 17.9 Å². The average Bonchev–Trinajstić information content (AvgIpc) is 2.96. The fourth-order valence-corrected chi connectivity index (χ4v) is 3.73. The van der Waals surface area contributed by atoms with E-state index in [9.17, 15) is 9.59 Å². The molecule has 9 heteroatoms. The number of hydrogen-bond donors (Lipinski definition) is 2. The van der Waals surface area contributed by atoms with Crippen LogP contribution >= 0.6 is 11.3 Å². The van der Waals surface area contributed by atoms with Crippen LogP contribution in [0.5, 0.6) is 5.88 Å². The molecule has 0 aromatic carbocycles. The van der Waals surface area contributed by atoms with Gasteiger partial charge in [0.2, 0.25) is 11.8 Å². The molecule has 0 aliphatic rings. The van der Waals surface area contributed by atoms with E-state index < -0.39 is 0 Å². The zero-order chi connectivity index (χ0) is 20.1. The van der Waals surface area contributed by atoms with Crippen LogP contribution in [0.25, 0.3) is 10.2 Å². The Bertz CT molecular complexity index is 1040. The number of amides is 1. The van der Waals surface area contributed by atoms with Crippen LogP contribution in [-0.4, -0.2) is 41.2 Å². The van der Waals surface area contributed by atoms with E-state index in [0.717, 1.165) is 10.4 Å². The summed E-state index contributed by atoms with van der Waals surface area (Å²) >= 11 is 1.49. The van der Waals surface area contributed by atoms with E-state index >= 15 is 0 Å². The molecule has 0 saturated heterocycles. The second-order valence-corrected chi connectivity index (χ2v) is 7.42. The first-order chi connectivity index (χ1) is 13.5. The molecule has 0 aliphatic heterocycles. The van der Waals surface area contributed by atoms with Crippen molar-refractivity contribution in [2.45, 2.75) is 26.7 Å². The van der Waals surface area contributed by atoms with Crippen LogP contribution in [0.15, 0.2) is 23.1 Å². The number of nitrogens with zero attached hydrogens (tertiary/aromatic N) is 2. The maximum Gasteiger partial charge on any atom is 0.259 e. The number of anilines is 1. The molecule has 3 aromatic rings. The summed E-state index contributed by atoms with van der Waals surface area (Å²) in [7, 11) is 1.58. The van der Waals surface area contributed by atoms with E-state index in [4.69, 9.17) is 9.47 Å². The van der Waals surface area contributed by atoms with Crippen molar-refractivity contribution in [3.8, 4) is 5.88 Å². The number of thiophene rings is 1. The molecule has 0 fully saturated rings. The van der Waals surface area contributed by atoms with Crippen LogP contribution in [-0.2, 0) is 16.0 Å². The number of rotatable bonds is 8. The summed E-state index contributed by atoms with van der Waals surface area (Å²) in [5.41, 5.74) is 1.28. The Kier molecular flexibility index (Phi) is 6.37. The third-order valence-corrected chi connectivity index (χ3v) is 5.35. The molecule has 3 rings (SSSR count). The number of H-pyrrole nitrogens is 1. The lowest BCUT2D eigenvalue weighted by Gasteiger charge is -2.11. The van der Waals surface area contributed by atoms with Crippen molar-refractivity contribution in [2.24, 2.45) is 0 Å². The Balaban J connectivity index is 1.65. The molecule has 3 heterocycles. The van der Waals surface area contributed by atoms with Gasteiger partial charge in [0.25, 0.3) is 5.56 Å². The first-order valence-electron chi connectivity index (χ1n) is 8.85. The normalized spacial score (nSPS) is 11.0. The van der Waals surface area contributed by atoms with E-state index in [1.807, 2.05) is 13.8 Å². The van der Waals surface area contributed by atoms with Gasteiger partial charge in [-0.2, -0.15) is 0 Å². The molecule has 2 N–H and O–H groups in total. The van der Waals surface area contributed by atoms with Gasteiger partial charge in [0, 0.05) is 31.0 Å². The van der Waals surface area contributed by atoms with Crippen LogP contribution in [0.4, 0.5) is 5.69 Å². The maximum atomic E-state index is 12.3. The van der Waals surface area contributed by atoms with Crippen LogP contribution in [0.1, 0.15) is 22.7 Å². The quantitative estimate of drug-likeness (QED) is 0.561. The van der Waals surface area contributed by atoms with E-state index in [0.29, 0.717) is 47.2 Å². The number of ether oxygens (including phenoxy) is 2. The highest BCUT2D eigenvalue weighted by molar-refractivity contribution is 7.18. The number of carbonyl (C=O) groups excluding carboxylic acids is 1. The van der Waals surface area contributed by atoms with Crippen LogP contribution in [0.2, 0.25) is 0 Å². The zero-order valence-electron chi connectivity index (χ0n) is 16.0. The van der Waals surface area contributed by atoms with Gasteiger partial charge in [0.15, 0.2) is 0 Å². The van der Waals surface area contributed by atoms with Crippen molar-refractivity contribution in [3.05, 3.63) is 44.9 Å². The summed E-state index contributed by atoms with van der Waals surface area (Å²) < 4.78 is 10.5. The Morgan fingerprint density at radius 1 is 1.32 bits per heavy atom. The van der Waals surface area contributed by atoms with Gasteiger partial charge in [-0.05, 0) is 31.5 Å². The number of hydrogen-bond acceptors (Lipinski definition) is 7. The van der Waals surface area contributed by atoms with Crippen molar-refractivity contribution in [2.75, 3.05) is 25.6 Å². The third-order valence-electron chi connectivity index (χ3n) is 4.25. The number of pyridine rings is 1. The first-order valence-corrected chi connectivity index (χ1v) is 9.66. The molecular weight excluding hydrogens is 380 g/mol. The molecule has 28 heavy (non-hydrogen) atoms. The van der Waals surface area contributed by atoms with Gasteiger partial charge in [-0.3, -0.25) is 9.59 Å². The number of nitrogens with one attached hydrogen (secondary N) is 2. The predicted octanol–water partition coefficient (Wildman–Crippen LogP) is 2.59. The lowest BCUT2D eigenvalue weighted by atomic mass is 10.2. The second-order valence-electron chi connectivity index (χ2n) is 6.22. The first kappa shape index (κ1) is 20.0. The largest absolute Gasteiger partial charge is 0.474 e. The Morgan fingerprint density at radius 3 is 2.93 bits per heavy atom. The molecule has 0 atom stereocenters. The van der Waals surface area contributed by atoms with E-state index in [1.165, 1.54) is 11.3 Å². The number of fused-ring (bicyclic) bond motifs is 1. The van der Waals surface area contributed by atoms with Gasteiger partial charge in [-0.25, -0.2) is 9.97 Å². The molecule has 1 amide bonds. The molecule has 0 radical (unpaired) electrons. The monoisotopic (exact) mass is 402 g/mol. The summed E-state index contributed by atoms with van der Waals surface area (Å²) in [5.74, 6) is 0.618. The molecule has 0 aliphatic carbocycles. The average molecular weight is 402 g/mol. The number of aryl methyl sites for hydroxylation is 3. The van der Waals surface area contributed by atoms with Crippen molar-refractivity contribution in [3.63, 3.8) is 0 Å². The van der Waals surface area contributed by atoms with Crippen molar-refractivity contribution >= 4 is 33.1 Å². The van der Waals surface area contributed by atoms with Gasteiger partial charge >= 0.3 is 0 Å². The zero-order valence-corrected chi connectivity index (χ0v) is 16.8. The molecule has 0 bridgehead atoms. The molecule has 0 saturated carbocycles. The molecular formula is C19H22N4O4S. The summed E-state index contributed by atoms with van der Waals surface area (Å²) in [4.78, 5) is 37.8. The van der Waals surface area contributed by atoms with Crippen molar-refractivity contribution in [1.82, 2.24) is 15.0 Å². The maximum absolute atomic E-state index is 12.3. The van der Waals surface area contributed by atoms with Crippen LogP contribution in [0, 0.1) is 13.8 Å². The van der Waals surface area contributed by atoms with Gasteiger partial charge in [0.1, 0.15) is 22.9 Å². The minimum atomic E-state index is -0.217. The lowest BCUT2D eigenvalue weighted by molar-refractivity contribution is -0.116. The second kappa shape index (κ2) is 8.94. The predicted molar refractivity (Wildman–Crippen MR) is 108 cm³/mol. The third kappa shape index (κ3) is 4.55. The molecule has 148 valence electrons. The number of aromatic nitrogens is 3. The molecule has 0 spiro atoms. The van der Waals surface area contributed by atoms with Crippen LogP contribution < -0.4 is 15.6 Å². The minimum Gasteiger partial charge on any atom is -0.474 e. The molecule has 8 nitrogen and oxygen atoms in total. The highest BCUT2D eigenvalue weighted by atomic mass is 32.1. The number of aromatic amines is 1. The van der Waals surface area contributed by atoms with Crippen molar-refractivity contribution in [1.29, 1.82) is 0 Å². The van der Waals surface area contributed by atoms with Gasteiger partial charge in [-0.15, -0.1) is 11.3 Å². The van der Waals surface area contributed by atoms with Gasteiger partial charge in [-0.1, -0.05) is 0 Å². The van der Waals surface area contributed by atoms with Crippen LogP contribution in [0.3, 0.4) is 0 Å². The Morgan fingerprint density at radius 2 is 2.14 bits per heavy atom. The highest BCUT2D eigenvalue weighted by Crippen LogP contribution is 2.26. The Labute approximate surface area is 165 Å². The summed E-state index contributed by atoms with van der Waals surface area (Å²) in [6.45, 7) is 4.64. The van der Waals surface area contributed by atoms with Gasteiger partial charge in [0.05, 0.1) is 12.0 Å². The minimum absolute atomic E-state index is 0.164. The number of carbonyl (C=O) groups is 1. The number of methoxy groups -OCH3 is 1.